The zero-order valence-corrected chi connectivity index (χ0v) is 13.3. The highest BCUT2D eigenvalue weighted by Crippen LogP contribution is 2.24. The molecule has 0 spiro atoms. The van der Waals surface area contributed by atoms with Crippen LogP contribution in [0.4, 0.5) is 0 Å². The minimum atomic E-state index is 0.271. The van der Waals surface area contributed by atoms with Gasteiger partial charge in [0.2, 0.25) is 5.89 Å². The maximum absolute atomic E-state index is 5.50. The number of rotatable bonds is 4. The van der Waals surface area contributed by atoms with Crippen LogP contribution in [0.25, 0.3) is 0 Å². The summed E-state index contributed by atoms with van der Waals surface area (Å²) in [5.41, 5.74) is 0. The third-order valence-electron chi connectivity index (χ3n) is 4.85. The number of hydrogen-bond acceptors (Lipinski definition) is 5. The lowest BCUT2D eigenvalue weighted by molar-refractivity contribution is 0.109. The summed E-state index contributed by atoms with van der Waals surface area (Å²) in [5.74, 6) is 1.67. The molecule has 3 heterocycles. The van der Waals surface area contributed by atoms with Gasteiger partial charge in [-0.2, -0.15) is 4.98 Å². The average molecular weight is 292 g/mol. The Morgan fingerprint density at radius 1 is 1.24 bits per heavy atom. The van der Waals surface area contributed by atoms with E-state index in [4.69, 9.17) is 4.52 Å². The van der Waals surface area contributed by atoms with Crippen LogP contribution in [0.15, 0.2) is 4.52 Å². The van der Waals surface area contributed by atoms with E-state index >= 15 is 0 Å². The van der Waals surface area contributed by atoms with Crippen LogP contribution < -0.4 is 5.32 Å². The summed E-state index contributed by atoms with van der Waals surface area (Å²) in [6.45, 7) is 6.83. The van der Waals surface area contributed by atoms with Crippen molar-refractivity contribution >= 4 is 0 Å². The highest BCUT2D eigenvalue weighted by atomic mass is 16.5. The van der Waals surface area contributed by atoms with Gasteiger partial charge in [-0.25, -0.2) is 0 Å². The van der Waals surface area contributed by atoms with Crippen LogP contribution in [0, 0.1) is 0 Å². The summed E-state index contributed by atoms with van der Waals surface area (Å²) in [6.07, 6.45) is 8.43. The van der Waals surface area contributed by atoms with Gasteiger partial charge >= 0.3 is 0 Å². The van der Waals surface area contributed by atoms with Crippen molar-refractivity contribution in [2.45, 2.75) is 76.9 Å². The Morgan fingerprint density at radius 2 is 2.10 bits per heavy atom. The van der Waals surface area contributed by atoms with Crippen molar-refractivity contribution in [1.82, 2.24) is 20.4 Å². The molecule has 2 unspecified atom stereocenters. The summed E-state index contributed by atoms with van der Waals surface area (Å²) in [5, 5.41) is 7.70. The standard InChI is InChI=1S/C16H28N4O/c1-12(2)20-10-6-4-7-13(20)11-15-18-16(21-19-15)14-8-3-5-9-17-14/h12-14,17H,3-11H2,1-2H3. The van der Waals surface area contributed by atoms with E-state index in [9.17, 15) is 0 Å². The Morgan fingerprint density at radius 3 is 2.86 bits per heavy atom. The van der Waals surface area contributed by atoms with E-state index < -0.39 is 0 Å². The molecule has 1 N–H and O–H groups in total. The highest BCUT2D eigenvalue weighted by Gasteiger charge is 2.27. The van der Waals surface area contributed by atoms with Gasteiger partial charge in [-0.1, -0.05) is 18.0 Å². The molecule has 0 amide bonds. The van der Waals surface area contributed by atoms with E-state index in [2.05, 4.69) is 34.2 Å². The molecule has 118 valence electrons. The molecule has 1 aromatic rings. The molecule has 5 heteroatoms. The average Bonchev–Trinajstić information content (AvgIpc) is 2.97. The molecule has 21 heavy (non-hydrogen) atoms. The Balaban J connectivity index is 1.63. The van der Waals surface area contributed by atoms with Gasteiger partial charge < -0.3 is 9.84 Å². The first-order valence-electron chi connectivity index (χ1n) is 8.55. The number of nitrogens with one attached hydrogen (secondary N) is 1. The van der Waals surface area contributed by atoms with Gasteiger partial charge in [-0.3, -0.25) is 4.90 Å². The van der Waals surface area contributed by atoms with E-state index in [-0.39, 0.29) is 6.04 Å². The molecule has 2 saturated heterocycles. The van der Waals surface area contributed by atoms with Crippen LogP contribution in [0.2, 0.25) is 0 Å². The number of piperidine rings is 2. The molecular formula is C16H28N4O. The predicted octanol–water partition coefficient (Wildman–Crippen LogP) is 2.69. The van der Waals surface area contributed by atoms with Crippen molar-refractivity contribution in [2.75, 3.05) is 13.1 Å². The van der Waals surface area contributed by atoms with Crippen LogP contribution in [-0.4, -0.2) is 40.2 Å². The Labute approximate surface area is 127 Å². The predicted molar refractivity (Wildman–Crippen MR) is 82.1 cm³/mol. The van der Waals surface area contributed by atoms with E-state index in [1.807, 2.05) is 0 Å². The third-order valence-corrected chi connectivity index (χ3v) is 4.85. The van der Waals surface area contributed by atoms with Gasteiger partial charge in [0.25, 0.3) is 0 Å². The van der Waals surface area contributed by atoms with Crippen molar-refractivity contribution in [3.63, 3.8) is 0 Å². The topological polar surface area (TPSA) is 54.2 Å². The van der Waals surface area contributed by atoms with E-state index in [0.29, 0.717) is 12.1 Å². The highest BCUT2D eigenvalue weighted by molar-refractivity contribution is 4.97. The molecule has 2 aliphatic heterocycles. The maximum atomic E-state index is 5.50. The zero-order valence-electron chi connectivity index (χ0n) is 13.3. The van der Waals surface area contributed by atoms with Gasteiger partial charge in [0, 0.05) is 18.5 Å². The lowest BCUT2D eigenvalue weighted by atomic mass is 9.97. The maximum Gasteiger partial charge on any atom is 0.243 e. The number of aromatic nitrogens is 2. The van der Waals surface area contributed by atoms with Crippen LogP contribution in [0.3, 0.4) is 0 Å². The van der Waals surface area contributed by atoms with Crippen molar-refractivity contribution in [2.24, 2.45) is 0 Å². The molecule has 2 aliphatic rings. The van der Waals surface area contributed by atoms with Crippen LogP contribution in [0.5, 0.6) is 0 Å². The Hall–Kier alpha value is -0.940. The van der Waals surface area contributed by atoms with Gasteiger partial charge in [-0.15, -0.1) is 0 Å². The van der Waals surface area contributed by atoms with Gasteiger partial charge in [0.05, 0.1) is 6.04 Å². The monoisotopic (exact) mass is 292 g/mol. The smallest absolute Gasteiger partial charge is 0.243 e. The largest absolute Gasteiger partial charge is 0.338 e. The first-order chi connectivity index (χ1) is 10.2. The molecular weight excluding hydrogens is 264 g/mol. The molecule has 0 saturated carbocycles. The van der Waals surface area contributed by atoms with Crippen LogP contribution in [-0.2, 0) is 6.42 Å². The van der Waals surface area contributed by atoms with E-state index in [1.54, 1.807) is 0 Å². The molecule has 2 fully saturated rings. The van der Waals surface area contributed by atoms with Crippen molar-refractivity contribution in [3.05, 3.63) is 11.7 Å². The summed E-state index contributed by atoms with van der Waals surface area (Å²) in [6, 6.07) is 1.44. The Bertz CT molecular complexity index is 439. The second kappa shape index (κ2) is 6.88. The zero-order chi connectivity index (χ0) is 14.7. The quantitative estimate of drug-likeness (QED) is 0.924. The van der Waals surface area contributed by atoms with Crippen molar-refractivity contribution < 1.29 is 4.52 Å². The van der Waals surface area contributed by atoms with Gasteiger partial charge in [0.15, 0.2) is 5.82 Å². The van der Waals surface area contributed by atoms with Crippen molar-refractivity contribution in [3.8, 4) is 0 Å². The van der Waals surface area contributed by atoms with Crippen molar-refractivity contribution in [1.29, 1.82) is 0 Å². The summed E-state index contributed by atoms with van der Waals surface area (Å²) in [7, 11) is 0. The van der Waals surface area contributed by atoms with Crippen LogP contribution >= 0.6 is 0 Å². The molecule has 3 rings (SSSR count). The Kier molecular flexibility index (Phi) is 4.91. The molecule has 1 aromatic heterocycles. The number of likely N-dealkylation sites (tertiary alicyclic amines) is 1. The first kappa shape index (κ1) is 15.0. The first-order valence-corrected chi connectivity index (χ1v) is 8.55. The van der Waals surface area contributed by atoms with E-state index in [1.165, 1.54) is 38.6 Å². The van der Waals surface area contributed by atoms with Gasteiger partial charge in [0.1, 0.15) is 0 Å². The normalized spacial score (nSPS) is 28.1. The molecule has 0 aliphatic carbocycles. The fraction of sp³-hybridized carbons (Fsp3) is 0.875. The number of nitrogens with zero attached hydrogens (tertiary/aromatic N) is 3. The second-order valence-corrected chi connectivity index (χ2v) is 6.74. The van der Waals surface area contributed by atoms with Crippen LogP contribution in [0.1, 0.15) is 70.1 Å². The number of hydrogen-bond donors (Lipinski definition) is 1. The third kappa shape index (κ3) is 3.64. The molecule has 0 aromatic carbocycles. The summed E-state index contributed by atoms with van der Waals surface area (Å²) >= 11 is 0. The minimum Gasteiger partial charge on any atom is -0.338 e. The SMILES string of the molecule is CC(C)N1CCCCC1Cc1noc(C2CCCCN2)n1. The lowest BCUT2D eigenvalue weighted by Crippen LogP contribution is -2.45. The molecule has 2 atom stereocenters. The van der Waals surface area contributed by atoms with Gasteiger partial charge in [-0.05, 0) is 52.6 Å². The summed E-state index contributed by atoms with van der Waals surface area (Å²) in [4.78, 5) is 7.25. The molecule has 5 nitrogen and oxygen atoms in total. The van der Waals surface area contributed by atoms with E-state index in [0.717, 1.165) is 31.1 Å². The fourth-order valence-electron chi connectivity index (χ4n) is 3.69. The summed E-state index contributed by atoms with van der Waals surface area (Å²) < 4.78 is 5.50. The molecule has 0 radical (unpaired) electrons. The molecule has 0 bridgehead atoms. The second-order valence-electron chi connectivity index (χ2n) is 6.74. The fourth-order valence-corrected chi connectivity index (χ4v) is 3.69. The minimum absolute atomic E-state index is 0.271. The lowest BCUT2D eigenvalue weighted by Gasteiger charge is -2.38.